The van der Waals surface area contributed by atoms with Gasteiger partial charge in [-0.3, -0.25) is 9.80 Å². The number of ether oxygens (including phenoxy) is 1. The van der Waals surface area contributed by atoms with Crippen molar-refractivity contribution in [3.63, 3.8) is 0 Å². The molecule has 1 fully saturated rings. The van der Waals surface area contributed by atoms with E-state index in [2.05, 4.69) is 29.7 Å². The van der Waals surface area contributed by atoms with Crippen LogP contribution in [0.4, 0.5) is 0 Å². The largest absolute Gasteiger partial charge is 0.495 e. The van der Waals surface area contributed by atoms with E-state index in [1.54, 1.807) is 7.11 Å². The minimum absolute atomic E-state index is 0.217. The van der Waals surface area contributed by atoms with E-state index in [-0.39, 0.29) is 6.04 Å². The van der Waals surface area contributed by atoms with Crippen LogP contribution in [0, 0.1) is 0 Å². The number of hydrogen-bond donors (Lipinski definition) is 1. The van der Waals surface area contributed by atoms with Crippen molar-refractivity contribution >= 4 is 11.6 Å². The zero-order chi connectivity index (χ0) is 15.4. The predicted octanol–water partition coefficient (Wildman–Crippen LogP) is 2.37. The minimum Gasteiger partial charge on any atom is -0.495 e. The van der Waals surface area contributed by atoms with Gasteiger partial charge in [-0.05, 0) is 31.2 Å². The Morgan fingerprint density at radius 1 is 1.43 bits per heavy atom. The first-order valence-electron chi connectivity index (χ1n) is 7.62. The smallest absolute Gasteiger partial charge is 0.137 e. The van der Waals surface area contributed by atoms with Crippen molar-refractivity contribution < 1.29 is 4.74 Å². The zero-order valence-corrected chi connectivity index (χ0v) is 13.9. The standard InChI is InChI=1S/C16H26ClN3O/c1-4-19-7-8-20(11-12(19)2)15(10-18)13-5-6-16(21-3)14(17)9-13/h5-6,9,12,15H,4,7-8,10-11,18H2,1-3H3. The topological polar surface area (TPSA) is 41.7 Å². The van der Waals surface area contributed by atoms with Gasteiger partial charge < -0.3 is 10.5 Å². The van der Waals surface area contributed by atoms with E-state index in [4.69, 9.17) is 22.1 Å². The summed E-state index contributed by atoms with van der Waals surface area (Å²) in [5.41, 5.74) is 7.21. The molecule has 1 aromatic rings. The van der Waals surface area contributed by atoms with Crippen LogP contribution in [0.5, 0.6) is 5.75 Å². The second-order valence-corrected chi connectivity index (χ2v) is 6.03. The van der Waals surface area contributed by atoms with E-state index in [9.17, 15) is 0 Å². The van der Waals surface area contributed by atoms with Crippen LogP contribution in [0.15, 0.2) is 18.2 Å². The lowest BCUT2D eigenvalue weighted by Crippen LogP contribution is -2.53. The van der Waals surface area contributed by atoms with Crippen LogP contribution >= 0.6 is 11.6 Å². The summed E-state index contributed by atoms with van der Waals surface area (Å²) in [7, 11) is 1.63. The molecule has 21 heavy (non-hydrogen) atoms. The molecule has 1 heterocycles. The lowest BCUT2D eigenvalue weighted by molar-refractivity contribution is 0.0606. The van der Waals surface area contributed by atoms with E-state index in [0.29, 0.717) is 23.4 Å². The molecule has 0 aromatic heterocycles. The first kappa shape index (κ1) is 16.6. The van der Waals surface area contributed by atoms with E-state index in [1.807, 2.05) is 12.1 Å². The number of halogens is 1. The molecule has 5 heteroatoms. The fourth-order valence-electron chi connectivity index (χ4n) is 3.16. The molecule has 118 valence electrons. The van der Waals surface area contributed by atoms with Crippen molar-refractivity contribution in [3.8, 4) is 5.75 Å². The van der Waals surface area contributed by atoms with E-state index < -0.39 is 0 Å². The van der Waals surface area contributed by atoms with Crippen molar-refractivity contribution in [3.05, 3.63) is 28.8 Å². The molecule has 2 rings (SSSR count). The molecule has 0 saturated carbocycles. The maximum absolute atomic E-state index is 6.25. The van der Waals surface area contributed by atoms with Gasteiger partial charge in [0, 0.05) is 38.3 Å². The Bertz CT molecular complexity index is 469. The highest BCUT2D eigenvalue weighted by atomic mass is 35.5. The fourth-order valence-corrected chi connectivity index (χ4v) is 3.43. The number of methoxy groups -OCH3 is 1. The van der Waals surface area contributed by atoms with Gasteiger partial charge in [0.05, 0.1) is 12.1 Å². The number of hydrogen-bond acceptors (Lipinski definition) is 4. The molecule has 2 N–H and O–H groups in total. The number of nitrogens with zero attached hydrogens (tertiary/aromatic N) is 2. The molecule has 4 nitrogen and oxygen atoms in total. The van der Waals surface area contributed by atoms with Gasteiger partial charge in [-0.1, -0.05) is 24.6 Å². The monoisotopic (exact) mass is 311 g/mol. The second kappa shape index (κ2) is 7.45. The SMILES string of the molecule is CCN1CCN(C(CN)c2ccc(OC)c(Cl)c2)CC1C. The van der Waals surface area contributed by atoms with Gasteiger partial charge in [0.25, 0.3) is 0 Å². The van der Waals surface area contributed by atoms with Gasteiger partial charge in [0.2, 0.25) is 0 Å². The molecule has 1 aromatic carbocycles. The average Bonchev–Trinajstić information content (AvgIpc) is 2.48. The summed E-state index contributed by atoms with van der Waals surface area (Å²) in [6, 6.07) is 6.75. The third-order valence-corrected chi connectivity index (χ3v) is 4.72. The normalized spacial score (nSPS) is 22.2. The van der Waals surface area contributed by atoms with Crippen LogP contribution in [0.3, 0.4) is 0 Å². The lowest BCUT2D eigenvalue weighted by Gasteiger charge is -2.42. The van der Waals surface area contributed by atoms with Crippen LogP contribution in [-0.2, 0) is 0 Å². The van der Waals surface area contributed by atoms with Crippen LogP contribution in [0.1, 0.15) is 25.5 Å². The highest BCUT2D eigenvalue weighted by Crippen LogP contribution is 2.30. The Balaban J connectivity index is 2.14. The lowest BCUT2D eigenvalue weighted by atomic mass is 10.0. The second-order valence-electron chi connectivity index (χ2n) is 5.62. The first-order chi connectivity index (χ1) is 10.1. The van der Waals surface area contributed by atoms with Gasteiger partial charge in [-0.15, -0.1) is 0 Å². The van der Waals surface area contributed by atoms with Crippen LogP contribution in [-0.4, -0.2) is 55.7 Å². The maximum atomic E-state index is 6.25. The maximum Gasteiger partial charge on any atom is 0.137 e. The van der Waals surface area contributed by atoms with Gasteiger partial charge in [-0.25, -0.2) is 0 Å². The summed E-state index contributed by atoms with van der Waals surface area (Å²) in [5.74, 6) is 0.709. The zero-order valence-electron chi connectivity index (χ0n) is 13.2. The summed E-state index contributed by atoms with van der Waals surface area (Å²) >= 11 is 6.25. The fraction of sp³-hybridized carbons (Fsp3) is 0.625. The first-order valence-corrected chi connectivity index (χ1v) is 8.00. The summed E-state index contributed by atoms with van der Waals surface area (Å²) in [6.07, 6.45) is 0. The Morgan fingerprint density at radius 2 is 2.19 bits per heavy atom. The number of nitrogens with two attached hydrogens (primary N) is 1. The molecular weight excluding hydrogens is 286 g/mol. The highest BCUT2D eigenvalue weighted by Gasteiger charge is 2.28. The molecule has 0 aliphatic carbocycles. The van der Waals surface area contributed by atoms with Crippen molar-refractivity contribution in [2.45, 2.75) is 25.9 Å². The molecule has 0 amide bonds. The summed E-state index contributed by atoms with van der Waals surface area (Å²) in [4.78, 5) is 4.97. The summed E-state index contributed by atoms with van der Waals surface area (Å²) < 4.78 is 5.22. The Hall–Kier alpha value is -0.810. The van der Waals surface area contributed by atoms with Crippen molar-refractivity contribution in [2.75, 3.05) is 39.8 Å². The van der Waals surface area contributed by atoms with Crippen LogP contribution < -0.4 is 10.5 Å². The average molecular weight is 312 g/mol. The van der Waals surface area contributed by atoms with Crippen molar-refractivity contribution in [1.82, 2.24) is 9.80 Å². The van der Waals surface area contributed by atoms with Gasteiger partial charge in [-0.2, -0.15) is 0 Å². The number of piperazine rings is 1. The molecule has 1 aliphatic heterocycles. The third kappa shape index (κ3) is 3.69. The molecule has 0 bridgehead atoms. The third-order valence-electron chi connectivity index (χ3n) is 4.43. The molecule has 0 radical (unpaired) electrons. The molecular formula is C16H26ClN3O. The molecule has 1 aliphatic rings. The number of benzene rings is 1. The van der Waals surface area contributed by atoms with Crippen molar-refractivity contribution in [1.29, 1.82) is 0 Å². The Kier molecular flexibility index (Phi) is 5.88. The van der Waals surface area contributed by atoms with Crippen LogP contribution in [0.25, 0.3) is 0 Å². The molecule has 0 spiro atoms. The van der Waals surface area contributed by atoms with Gasteiger partial charge in [0.15, 0.2) is 0 Å². The van der Waals surface area contributed by atoms with E-state index >= 15 is 0 Å². The summed E-state index contributed by atoms with van der Waals surface area (Å²) in [6.45, 7) is 9.39. The Labute approximate surface area is 132 Å². The molecule has 1 saturated heterocycles. The predicted molar refractivity (Wildman–Crippen MR) is 88.1 cm³/mol. The highest BCUT2D eigenvalue weighted by molar-refractivity contribution is 6.32. The summed E-state index contributed by atoms with van der Waals surface area (Å²) in [5, 5.41) is 0.647. The van der Waals surface area contributed by atoms with E-state index in [1.165, 1.54) is 5.56 Å². The van der Waals surface area contributed by atoms with Gasteiger partial charge >= 0.3 is 0 Å². The minimum atomic E-state index is 0.217. The van der Waals surface area contributed by atoms with E-state index in [0.717, 1.165) is 26.2 Å². The van der Waals surface area contributed by atoms with Gasteiger partial charge in [0.1, 0.15) is 5.75 Å². The number of rotatable bonds is 5. The molecule has 2 unspecified atom stereocenters. The Morgan fingerprint density at radius 3 is 2.71 bits per heavy atom. The quantitative estimate of drug-likeness (QED) is 0.906. The van der Waals surface area contributed by atoms with Crippen molar-refractivity contribution in [2.24, 2.45) is 5.73 Å². The van der Waals surface area contributed by atoms with Crippen LogP contribution in [0.2, 0.25) is 5.02 Å². The number of likely N-dealkylation sites (N-methyl/N-ethyl adjacent to an activating group) is 1. The molecule has 2 atom stereocenters.